The van der Waals surface area contributed by atoms with Gasteiger partial charge in [-0.2, -0.15) is 4.98 Å². The quantitative estimate of drug-likeness (QED) is 0.280. The Morgan fingerprint density at radius 3 is 2.53 bits per heavy atom. The van der Waals surface area contributed by atoms with E-state index >= 15 is 0 Å². The molecule has 6 nitrogen and oxygen atoms in total. The van der Waals surface area contributed by atoms with Gasteiger partial charge in [-0.3, -0.25) is 0 Å². The van der Waals surface area contributed by atoms with Gasteiger partial charge in [-0.1, -0.05) is 12.1 Å². The fourth-order valence-electron chi connectivity index (χ4n) is 2.71. The van der Waals surface area contributed by atoms with E-state index < -0.39 is 12.2 Å². The molecule has 0 atom stereocenters. The zero-order valence-electron chi connectivity index (χ0n) is 17.2. The van der Waals surface area contributed by atoms with Gasteiger partial charge in [0.25, 0.3) is 0 Å². The molecule has 0 saturated carbocycles. The number of halogens is 5. The largest absolute Gasteiger partial charge is 0.573 e. The third-order valence-corrected chi connectivity index (χ3v) is 4.80. The van der Waals surface area contributed by atoms with E-state index in [1.165, 1.54) is 30.3 Å². The van der Waals surface area contributed by atoms with Crippen molar-refractivity contribution in [2.24, 2.45) is 0 Å². The molecule has 0 amide bonds. The summed E-state index contributed by atoms with van der Waals surface area (Å²) in [5.74, 6) is -0.293. The maximum atomic E-state index is 14.3. The lowest BCUT2D eigenvalue weighted by molar-refractivity contribution is -0.274. The van der Waals surface area contributed by atoms with Crippen molar-refractivity contribution in [2.45, 2.75) is 6.36 Å². The predicted octanol–water partition coefficient (Wildman–Crippen LogP) is 5.50. The van der Waals surface area contributed by atoms with Crippen molar-refractivity contribution in [2.75, 3.05) is 37.8 Å². The summed E-state index contributed by atoms with van der Waals surface area (Å²) in [5, 5.41) is 5.99. The number of hydrogen-bond donors (Lipinski definition) is 2. The SMILES string of the molecule is CN(C)CCNc1nc(Nc2ccc(I)cc2F)cc(-c2cccc(OC(F)(F)F)c2)n1. The van der Waals surface area contributed by atoms with Crippen LogP contribution in [0.3, 0.4) is 0 Å². The maximum Gasteiger partial charge on any atom is 0.573 e. The molecule has 3 rings (SSSR count). The molecule has 0 aliphatic heterocycles. The Morgan fingerprint density at radius 1 is 1.06 bits per heavy atom. The van der Waals surface area contributed by atoms with Gasteiger partial charge in [0, 0.05) is 28.3 Å². The Hall–Kier alpha value is -2.67. The number of nitrogens with one attached hydrogen (secondary N) is 2. The lowest BCUT2D eigenvalue weighted by Gasteiger charge is -2.14. The van der Waals surface area contributed by atoms with Crippen LogP contribution in [0.4, 0.5) is 35.0 Å². The van der Waals surface area contributed by atoms with E-state index in [1.54, 1.807) is 18.2 Å². The van der Waals surface area contributed by atoms with E-state index in [1.807, 2.05) is 41.6 Å². The highest BCUT2D eigenvalue weighted by Crippen LogP contribution is 2.29. The first kappa shape index (κ1) is 24.0. The summed E-state index contributed by atoms with van der Waals surface area (Å²) in [6.45, 7) is 1.24. The predicted molar refractivity (Wildman–Crippen MR) is 124 cm³/mol. The van der Waals surface area contributed by atoms with E-state index in [-0.39, 0.29) is 23.2 Å². The summed E-state index contributed by atoms with van der Waals surface area (Å²) in [4.78, 5) is 10.7. The molecule has 170 valence electrons. The third kappa shape index (κ3) is 7.19. The molecule has 2 N–H and O–H groups in total. The van der Waals surface area contributed by atoms with E-state index in [4.69, 9.17) is 0 Å². The van der Waals surface area contributed by atoms with E-state index in [9.17, 15) is 17.6 Å². The minimum Gasteiger partial charge on any atom is -0.406 e. The van der Waals surface area contributed by atoms with E-state index in [0.717, 1.165) is 3.57 Å². The van der Waals surface area contributed by atoms with Crippen molar-refractivity contribution in [1.29, 1.82) is 0 Å². The van der Waals surface area contributed by atoms with Crippen LogP contribution >= 0.6 is 22.6 Å². The van der Waals surface area contributed by atoms with Crippen LogP contribution in [0.15, 0.2) is 48.5 Å². The first-order valence-corrected chi connectivity index (χ1v) is 10.5. The van der Waals surface area contributed by atoms with Crippen molar-refractivity contribution < 1.29 is 22.3 Å². The second-order valence-corrected chi connectivity index (χ2v) is 8.26. The van der Waals surface area contributed by atoms with Gasteiger partial charge in [0.05, 0.1) is 11.4 Å². The summed E-state index contributed by atoms with van der Waals surface area (Å²) in [7, 11) is 3.83. The van der Waals surface area contributed by atoms with Gasteiger partial charge in [-0.15, -0.1) is 13.2 Å². The molecule has 0 aliphatic carbocycles. The number of ether oxygens (including phenoxy) is 1. The molecule has 11 heteroatoms. The third-order valence-electron chi connectivity index (χ3n) is 4.13. The van der Waals surface area contributed by atoms with Crippen LogP contribution in [0.2, 0.25) is 0 Å². The number of benzene rings is 2. The zero-order chi connectivity index (χ0) is 23.3. The number of aromatic nitrogens is 2. The first-order chi connectivity index (χ1) is 15.1. The highest BCUT2D eigenvalue weighted by Gasteiger charge is 2.31. The topological polar surface area (TPSA) is 62.3 Å². The number of alkyl halides is 3. The lowest BCUT2D eigenvalue weighted by Crippen LogP contribution is -2.21. The molecule has 1 heterocycles. The van der Waals surface area contributed by atoms with Crippen molar-refractivity contribution in [3.05, 3.63) is 57.9 Å². The Bertz CT molecular complexity index is 1080. The standard InChI is InChI=1S/C21H20F4IN5O/c1-31(2)9-8-27-20-29-18(13-4-3-5-15(10-13)32-21(23,24)25)12-19(30-20)28-17-7-6-14(26)11-16(17)22/h3-7,10-12H,8-9H2,1-2H3,(H2,27,28,29,30). The normalized spacial score (nSPS) is 11.5. The van der Waals surface area contributed by atoms with Gasteiger partial charge in [-0.25, -0.2) is 9.37 Å². The van der Waals surface area contributed by atoms with Gasteiger partial charge in [0.2, 0.25) is 5.95 Å². The number of anilines is 3. The molecule has 0 unspecified atom stereocenters. The minimum absolute atomic E-state index is 0.212. The molecular weight excluding hydrogens is 541 g/mol. The average Bonchev–Trinajstić information content (AvgIpc) is 2.69. The summed E-state index contributed by atoms with van der Waals surface area (Å²) in [6.07, 6.45) is -4.81. The van der Waals surface area contributed by atoms with Crippen LogP contribution in [0.1, 0.15) is 0 Å². The Morgan fingerprint density at radius 2 is 1.84 bits per heavy atom. The summed E-state index contributed by atoms with van der Waals surface area (Å²) >= 11 is 2.00. The molecule has 0 saturated heterocycles. The first-order valence-electron chi connectivity index (χ1n) is 9.45. The molecule has 0 bridgehead atoms. The number of rotatable bonds is 8. The van der Waals surface area contributed by atoms with Crippen molar-refractivity contribution >= 4 is 40.0 Å². The number of hydrogen-bond acceptors (Lipinski definition) is 6. The number of likely N-dealkylation sites (N-methyl/N-ethyl adjacent to an activating group) is 1. The molecule has 0 spiro atoms. The summed E-state index contributed by atoms with van der Waals surface area (Å²) < 4.78 is 56.9. The van der Waals surface area contributed by atoms with Crippen LogP contribution in [-0.2, 0) is 0 Å². The molecular formula is C21H20F4IN5O. The second kappa shape index (κ2) is 10.3. The Kier molecular flexibility index (Phi) is 7.72. The Labute approximate surface area is 196 Å². The van der Waals surface area contributed by atoms with Gasteiger partial charge in [0.1, 0.15) is 17.4 Å². The lowest BCUT2D eigenvalue weighted by atomic mass is 10.1. The van der Waals surface area contributed by atoms with Gasteiger partial charge < -0.3 is 20.3 Å². The average molecular weight is 561 g/mol. The molecule has 0 fully saturated rings. The van der Waals surface area contributed by atoms with Crippen LogP contribution < -0.4 is 15.4 Å². The fraction of sp³-hybridized carbons (Fsp3) is 0.238. The van der Waals surface area contributed by atoms with Crippen molar-refractivity contribution in [3.63, 3.8) is 0 Å². The van der Waals surface area contributed by atoms with Gasteiger partial charge >= 0.3 is 6.36 Å². The fourth-order valence-corrected chi connectivity index (χ4v) is 3.16. The Balaban J connectivity index is 1.95. The van der Waals surface area contributed by atoms with E-state index in [0.29, 0.717) is 24.3 Å². The van der Waals surface area contributed by atoms with Crippen LogP contribution in [0.25, 0.3) is 11.3 Å². The van der Waals surface area contributed by atoms with Crippen LogP contribution in [0.5, 0.6) is 5.75 Å². The highest BCUT2D eigenvalue weighted by molar-refractivity contribution is 14.1. The minimum atomic E-state index is -4.81. The van der Waals surface area contributed by atoms with E-state index in [2.05, 4.69) is 25.3 Å². The molecule has 2 aromatic carbocycles. The van der Waals surface area contributed by atoms with Crippen molar-refractivity contribution in [3.8, 4) is 17.0 Å². The molecule has 0 radical (unpaired) electrons. The summed E-state index contributed by atoms with van der Waals surface area (Å²) in [5.41, 5.74) is 0.938. The van der Waals surface area contributed by atoms with Crippen LogP contribution in [-0.4, -0.2) is 48.4 Å². The second-order valence-electron chi connectivity index (χ2n) is 7.02. The molecule has 1 aromatic heterocycles. The highest BCUT2D eigenvalue weighted by atomic mass is 127. The van der Waals surface area contributed by atoms with Gasteiger partial charge in [-0.05, 0) is 67.0 Å². The maximum absolute atomic E-state index is 14.3. The zero-order valence-corrected chi connectivity index (χ0v) is 19.3. The molecule has 0 aliphatic rings. The summed E-state index contributed by atoms with van der Waals surface area (Å²) in [6, 6.07) is 11.7. The van der Waals surface area contributed by atoms with Crippen molar-refractivity contribution in [1.82, 2.24) is 14.9 Å². The monoisotopic (exact) mass is 561 g/mol. The molecule has 3 aromatic rings. The number of nitrogens with zero attached hydrogens (tertiary/aromatic N) is 3. The van der Waals surface area contributed by atoms with Crippen LogP contribution in [0, 0.1) is 9.39 Å². The smallest absolute Gasteiger partial charge is 0.406 e. The molecule has 32 heavy (non-hydrogen) atoms. The van der Waals surface area contributed by atoms with Gasteiger partial charge in [0.15, 0.2) is 0 Å².